The van der Waals surface area contributed by atoms with E-state index in [1.165, 1.54) is 0 Å². The molecule has 5 nitrogen and oxygen atoms in total. The number of carbonyl (C=O) groups is 1. The number of carbonyl (C=O) groups excluding carboxylic acids is 1. The maximum atomic E-state index is 11.2. The van der Waals surface area contributed by atoms with E-state index in [1.54, 1.807) is 0 Å². The molecular weight excluding hydrogens is 222 g/mol. The number of ether oxygens (including phenoxy) is 3. The van der Waals surface area contributed by atoms with Crippen molar-refractivity contribution in [2.75, 3.05) is 46.2 Å². The lowest BCUT2D eigenvalue weighted by Crippen LogP contribution is -2.17. The average Bonchev–Trinajstić information content (AvgIpc) is 2.31. The van der Waals surface area contributed by atoms with Gasteiger partial charge in [0.1, 0.15) is 6.61 Å². The molecule has 0 atom stereocenters. The molecule has 0 aliphatic heterocycles. The van der Waals surface area contributed by atoms with E-state index in [2.05, 4.69) is 0 Å². The zero-order valence-electron chi connectivity index (χ0n) is 10.9. The molecule has 0 amide bonds. The van der Waals surface area contributed by atoms with Crippen molar-refractivity contribution >= 4 is 5.78 Å². The molecule has 5 heteroatoms. The van der Waals surface area contributed by atoms with Crippen LogP contribution in [-0.2, 0) is 19.0 Å². The third-order valence-corrected chi connectivity index (χ3v) is 2.13. The minimum absolute atomic E-state index is 0.0341. The van der Waals surface area contributed by atoms with Gasteiger partial charge in [-0.2, -0.15) is 0 Å². The Labute approximate surface area is 104 Å². The number of nitrogens with two attached hydrogens (primary N) is 1. The Bertz CT molecular complexity index is 185. The summed E-state index contributed by atoms with van der Waals surface area (Å²) < 4.78 is 15.7. The minimum atomic E-state index is 0.0341. The normalized spacial score (nSPS) is 11.1. The molecule has 0 aromatic rings. The molecule has 102 valence electrons. The topological polar surface area (TPSA) is 70.8 Å². The fourth-order valence-electron chi connectivity index (χ4n) is 0.965. The van der Waals surface area contributed by atoms with Gasteiger partial charge in [0.05, 0.1) is 26.4 Å². The summed E-state index contributed by atoms with van der Waals surface area (Å²) >= 11 is 0. The van der Waals surface area contributed by atoms with Gasteiger partial charge in [-0.25, -0.2) is 0 Å². The molecule has 0 bridgehead atoms. The molecule has 0 aromatic heterocycles. The number of rotatable bonds is 12. The molecular formula is C12H25NO4. The Kier molecular flexibility index (Phi) is 11.6. The second-order valence-corrected chi connectivity index (χ2v) is 4.04. The van der Waals surface area contributed by atoms with Crippen molar-refractivity contribution < 1.29 is 19.0 Å². The summed E-state index contributed by atoms with van der Waals surface area (Å²) in [6.45, 7) is 7.29. The molecule has 0 fully saturated rings. The number of Topliss-reactive ketones (excluding diaryl/α,β-unsaturated/α-hetero) is 1. The first kappa shape index (κ1) is 16.5. The summed E-state index contributed by atoms with van der Waals surface area (Å²) in [5.74, 6) is 0.155. The summed E-state index contributed by atoms with van der Waals surface area (Å²) in [6, 6.07) is 0. The summed E-state index contributed by atoms with van der Waals surface area (Å²) in [7, 11) is 0. The fraction of sp³-hybridized carbons (Fsp3) is 0.917. The second-order valence-electron chi connectivity index (χ2n) is 4.04. The Morgan fingerprint density at radius 1 is 1.00 bits per heavy atom. The second kappa shape index (κ2) is 12.0. The first-order chi connectivity index (χ1) is 8.18. The molecule has 0 spiro atoms. The van der Waals surface area contributed by atoms with E-state index < -0.39 is 0 Å². The number of ketones is 1. The number of hydrogen-bond donors (Lipinski definition) is 1. The van der Waals surface area contributed by atoms with Crippen LogP contribution in [0.2, 0.25) is 0 Å². The highest BCUT2D eigenvalue weighted by atomic mass is 16.5. The Morgan fingerprint density at radius 3 is 2.06 bits per heavy atom. The highest BCUT2D eigenvalue weighted by Crippen LogP contribution is 1.94. The standard InChI is InChI=1S/C12H25NO4/c1-11(2)12(14)10-17-9-8-16-7-6-15-5-3-4-13/h11H,3-10,13H2,1-2H3. The monoisotopic (exact) mass is 247 g/mol. The summed E-state index contributed by atoms with van der Waals surface area (Å²) in [5.41, 5.74) is 5.31. The van der Waals surface area contributed by atoms with E-state index in [4.69, 9.17) is 19.9 Å². The highest BCUT2D eigenvalue weighted by molar-refractivity contribution is 5.81. The molecule has 0 heterocycles. The van der Waals surface area contributed by atoms with Crippen LogP contribution in [0.25, 0.3) is 0 Å². The first-order valence-corrected chi connectivity index (χ1v) is 6.14. The van der Waals surface area contributed by atoms with Crippen LogP contribution in [0.5, 0.6) is 0 Å². The van der Waals surface area contributed by atoms with Gasteiger partial charge < -0.3 is 19.9 Å². The van der Waals surface area contributed by atoms with Crippen LogP contribution in [0, 0.1) is 5.92 Å². The molecule has 0 rings (SSSR count). The average molecular weight is 247 g/mol. The third-order valence-electron chi connectivity index (χ3n) is 2.13. The highest BCUT2D eigenvalue weighted by Gasteiger charge is 2.06. The van der Waals surface area contributed by atoms with Crippen LogP contribution in [0.1, 0.15) is 20.3 Å². The van der Waals surface area contributed by atoms with Crippen LogP contribution in [0.4, 0.5) is 0 Å². The van der Waals surface area contributed by atoms with E-state index >= 15 is 0 Å². The van der Waals surface area contributed by atoms with E-state index in [0.29, 0.717) is 39.6 Å². The quantitative estimate of drug-likeness (QED) is 0.512. The first-order valence-electron chi connectivity index (χ1n) is 6.14. The lowest BCUT2D eigenvalue weighted by molar-refractivity contribution is -0.127. The van der Waals surface area contributed by atoms with Gasteiger partial charge >= 0.3 is 0 Å². The smallest absolute Gasteiger partial charge is 0.160 e. The molecule has 0 saturated heterocycles. The van der Waals surface area contributed by atoms with Gasteiger partial charge in [0, 0.05) is 12.5 Å². The molecule has 17 heavy (non-hydrogen) atoms. The summed E-state index contributed by atoms with van der Waals surface area (Å²) in [5, 5.41) is 0. The fourth-order valence-corrected chi connectivity index (χ4v) is 0.965. The maximum Gasteiger partial charge on any atom is 0.160 e. The van der Waals surface area contributed by atoms with Crippen LogP contribution in [0.3, 0.4) is 0 Å². The molecule has 0 aromatic carbocycles. The molecule has 2 N–H and O–H groups in total. The van der Waals surface area contributed by atoms with Gasteiger partial charge in [-0.3, -0.25) is 4.79 Å². The van der Waals surface area contributed by atoms with Crippen molar-refractivity contribution in [3.8, 4) is 0 Å². The zero-order valence-corrected chi connectivity index (χ0v) is 10.9. The van der Waals surface area contributed by atoms with Gasteiger partial charge in [0.2, 0.25) is 0 Å². The van der Waals surface area contributed by atoms with E-state index in [1.807, 2.05) is 13.8 Å². The maximum absolute atomic E-state index is 11.2. The minimum Gasteiger partial charge on any atom is -0.379 e. The Morgan fingerprint density at radius 2 is 1.53 bits per heavy atom. The third kappa shape index (κ3) is 11.8. The van der Waals surface area contributed by atoms with Gasteiger partial charge in [-0.05, 0) is 13.0 Å². The van der Waals surface area contributed by atoms with E-state index in [-0.39, 0.29) is 18.3 Å². The molecule has 0 aliphatic carbocycles. The van der Waals surface area contributed by atoms with Crippen molar-refractivity contribution in [1.29, 1.82) is 0 Å². The van der Waals surface area contributed by atoms with E-state index in [0.717, 1.165) is 6.42 Å². The van der Waals surface area contributed by atoms with Gasteiger partial charge in [0.25, 0.3) is 0 Å². The van der Waals surface area contributed by atoms with Crippen molar-refractivity contribution in [1.82, 2.24) is 0 Å². The van der Waals surface area contributed by atoms with Gasteiger partial charge in [-0.1, -0.05) is 13.8 Å². The SMILES string of the molecule is CC(C)C(=O)COCCOCCOCCCN. The van der Waals surface area contributed by atoms with Crippen molar-refractivity contribution in [2.45, 2.75) is 20.3 Å². The lowest BCUT2D eigenvalue weighted by Gasteiger charge is -2.07. The van der Waals surface area contributed by atoms with Crippen LogP contribution < -0.4 is 5.73 Å². The van der Waals surface area contributed by atoms with Crippen molar-refractivity contribution in [2.24, 2.45) is 11.7 Å². The predicted octanol–water partition coefficient (Wildman–Crippen LogP) is 0.610. The largest absolute Gasteiger partial charge is 0.379 e. The van der Waals surface area contributed by atoms with Crippen molar-refractivity contribution in [3.05, 3.63) is 0 Å². The molecule has 0 radical (unpaired) electrons. The number of hydrogen-bond acceptors (Lipinski definition) is 5. The molecule has 0 aliphatic rings. The van der Waals surface area contributed by atoms with Crippen LogP contribution in [-0.4, -0.2) is 52.0 Å². The van der Waals surface area contributed by atoms with Gasteiger partial charge in [-0.15, -0.1) is 0 Å². The molecule has 0 saturated carbocycles. The summed E-state index contributed by atoms with van der Waals surface area (Å²) in [4.78, 5) is 11.2. The van der Waals surface area contributed by atoms with Gasteiger partial charge in [0.15, 0.2) is 5.78 Å². The lowest BCUT2D eigenvalue weighted by atomic mass is 10.1. The van der Waals surface area contributed by atoms with Crippen molar-refractivity contribution in [3.63, 3.8) is 0 Å². The Balaban J connectivity index is 3.06. The van der Waals surface area contributed by atoms with Crippen LogP contribution in [0.15, 0.2) is 0 Å². The predicted molar refractivity (Wildman–Crippen MR) is 66.0 cm³/mol. The van der Waals surface area contributed by atoms with E-state index in [9.17, 15) is 4.79 Å². The zero-order chi connectivity index (χ0) is 12.9. The summed E-state index contributed by atoms with van der Waals surface area (Å²) in [6.07, 6.45) is 0.875. The Hall–Kier alpha value is -0.490. The molecule has 0 unspecified atom stereocenters. The van der Waals surface area contributed by atoms with Crippen LogP contribution >= 0.6 is 0 Å².